The van der Waals surface area contributed by atoms with Gasteiger partial charge in [-0.2, -0.15) is 9.78 Å². The topological polar surface area (TPSA) is 92.5 Å². The standard InChI is InChI=1S/C27H29Cl2N3O4S2/c1-15-22(16-7-6-12-31(13-16)26(36)27(2,3)4)30-32(24(15)37-14-17-10-11-20(28)38-17)23(33)18-8-5-9-19(21(18)29)25(34)35/h5,8-11,16H,6-7,12-14H2,1-4H3,(H,34,35). The number of benzene rings is 1. The normalized spacial score (nSPS) is 16.1. The second-order valence-corrected chi connectivity index (χ2v) is 13.5. The minimum atomic E-state index is -1.21. The Morgan fingerprint density at radius 1 is 1.16 bits per heavy atom. The molecule has 0 saturated carbocycles. The van der Waals surface area contributed by atoms with Crippen LogP contribution >= 0.6 is 46.3 Å². The average Bonchev–Trinajstić information content (AvgIpc) is 3.43. The molecule has 1 aliphatic rings. The highest BCUT2D eigenvalue weighted by atomic mass is 35.5. The summed E-state index contributed by atoms with van der Waals surface area (Å²) in [5.41, 5.74) is 1.07. The van der Waals surface area contributed by atoms with Crippen molar-refractivity contribution in [1.82, 2.24) is 14.7 Å². The molecular weight excluding hydrogens is 565 g/mol. The maximum atomic E-state index is 13.8. The van der Waals surface area contributed by atoms with E-state index in [1.807, 2.05) is 44.7 Å². The molecule has 0 radical (unpaired) electrons. The van der Waals surface area contributed by atoms with Gasteiger partial charge in [0, 0.05) is 40.6 Å². The summed E-state index contributed by atoms with van der Waals surface area (Å²) in [7, 11) is 0. The number of thioether (sulfide) groups is 1. The summed E-state index contributed by atoms with van der Waals surface area (Å²) in [6.07, 6.45) is 1.69. The monoisotopic (exact) mass is 593 g/mol. The number of amides is 1. The fourth-order valence-electron chi connectivity index (χ4n) is 4.60. The van der Waals surface area contributed by atoms with E-state index in [1.54, 1.807) is 0 Å². The van der Waals surface area contributed by atoms with E-state index in [1.165, 1.54) is 46.0 Å². The predicted octanol–water partition coefficient (Wildman–Crippen LogP) is 6.99. The van der Waals surface area contributed by atoms with Crippen LogP contribution in [0.25, 0.3) is 0 Å². The number of halogens is 2. The van der Waals surface area contributed by atoms with Crippen molar-refractivity contribution in [2.75, 3.05) is 13.1 Å². The van der Waals surface area contributed by atoms with Crippen LogP contribution in [0.5, 0.6) is 0 Å². The van der Waals surface area contributed by atoms with Crippen LogP contribution < -0.4 is 0 Å². The van der Waals surface area contributed by atoms with Crippen LogP contribution in [0.3, 0.4) is 0 Å². The third-order valence-corrected chi connectivity index (χ3v) is 9.50. The maximum Gasteiger partial charge on any atom is 0.337 e. The summed E-state index contributed by atoms with van der Waals surface area (Å²) in [5, 5.41) is 14.8. The molecule has 1 saturated heterocycles. The van der Waals surface area contributed by atoms with Gasteiger partial charge in [-0.05, 0) is 44.0 Å². The van der Waals surface area contributed by atoms with Gasteiger partial charge in [0.25, 0.3) is 5.91 Å². The molecule has 1 amide bonds. The molecule has 0 aliphatic carbocycles. The van der Waals surface area contributed by atoms with E-state index in [-0.39, 0.29) is 28.0 Å². The molecule has 11 heteroatoms. The van der Waals surface area contributed by atoms with E-state index in [0.717, 1.165) is 29.0 Å². The zero-order chi connectivity index (χ0) is 27.8. The molecule has 3 heterocycles. The third kappa shape index (κ3) is 5.96. The molecule has 0 spiro atoms. The van der Waals surface area contributed by atoms with Crippen molar-refractivity contribution in [3.63, 3.8) is 0 Å². The van der Waals surface area contributed by atoms with Gasteiger partial charge in [-0.15, -0.1) is 23.1 Å². The van der Waals surface area contributed by atoms with Crippen molar-refractivity contribution in [2.24, 2.45) is 5.41 Å². The van der Waals surface area contributed by atoms with Gasteiger partial charge in [0.15, 0.2) is 0 Å². The van der Waals surface area contributed by atoms with Gasteiger partial charge in [0.2, 0.25) is 5.91 Å². The van der Waals surface area contributed by atoms with Gasteiger partial charge in [-0.1, -0.05) is 50.0 Å². The van der Waals surface area contributed by atoms with Crippen LogP contribution in [0, 0.1) is 12.3 Å². The number of piperidine rings is 1. The summed E-state index contributed by atoms with van der Waals surface area (Å²) in [6, 6.07) is 8.15. The summed E-state index contributed by atoms with van der Waals surface area (Å²) in [5.74, 6) is -1.06. The molecule has 202 valence electrons. The Kier molecular flexibility index (Phi) is 8.62. The number of aromatic nitrogens is 2. The largest absolute Gasteiger partial charge is 0.478 e. The number of carbonyl (C=O) groups is 3. The number of carboxylic acids is 1. The quantitative estimate of drug-likeness (QED) is 0.309. The first-order valence-corrected chi connectivity index (χ1v) is 14.8. The van der Waals surface area contributed by atoms with Crippen molar-refractivity contribution in [3.8, 4) is 0 Å². The minimum absolute atomic E-state index is 0.0274. The van der Waals surface area contributed by atoms with Crippen molar-refractivity contribution >= 4 is 64.1 Å². The Morgan fingerprint density at radius 3 is 2.50 bits per heavy atom. The molecular formula is C27H29Cl2N3O4S2. The van der Waals surface area contributed by atoms with Crippen LogP contribution in [0.15, 0.2) is 35.4 Å². The number of likely N-dealkylation sites (tertiary alicyclic amines) is 1. The summed E-state index contributed by atoms with van der Waals surface area (Å²) in [6.45, 7) is 8.91. The highest BCUT2D eigenvalue weighted by Gasteiger charge is 2.34. The second-order valence-electron chi connectivity index (χ2n) is 10.3. The van der Waals surface area contributed by atoms with E-state index >= 15 is 0 Å². The molecule has 7 nitrogen and oxygen atoms in total. The van der Waals surface area contributed by atoms with Gasteiger partial charge in [-0.25, -0.2) is 4.79 Å². The number of carboxylic acid groups (broad SMARTS) is 1. The Hall–Kier alpha value is -2.33. The van der Waals surface area contributed by atoms with Crippen LogP contribution in [0.4, 0.5) is 0 Å². The lowest BCUT2D eigenvalue weighted by Crippen LogP contribution is -2.44. The number of nitrogens with zero attached hydrogens (tertiary/aromatic N) is 3. The molecule has 1 aromatic carbocycles. The maximum absolute atomic E-state index is 13.8. The smallest absolute Gasteiger partial charge is 0.337 e. The van der Waals surface area contributed by atoms with Crippen LogP contribution in [0.1, 0.15) is 76.4 Å². The van der Waals surface area contributed by atoms with E-state index in [2.05, 4.69) is 0 Å². The Labute approximate surface area is 240 Å². The molecule has 1 N–H and O–H groups in total. The zero-order valence-electron chi connectivity index (χ0n) is 21.6. The van der Waals surface area contributed by atoms with Crippen molar-refractivity contribution in [1.29, 1.82) is 0 Å². The van der Waals surface area contributed by atoms with E-state index in [4.69, 9.17) is 28.3 Å². The Bertz CT molecular complexity index is 1390. The van der Waals surface area contributed by atoms with E-state index in [0.29, 0.717) is 28.2 Å². The van der Waals surface area contributed by atoms with Crippen LogP contribution in [-0.4, -0.2) is 50.7 Å². The fourth-order valence-corrected chi connectivity index (χ4v) is 7.12. The molecule has 1 aliphatic heterocycles. The molecule has 1 unspecified atom stereocenters. The molecule has 3 aromatic rings. The van der Waals surface area contributed by atoms with Gasteiger partial charge >= 0.3 is 5.97 Å². The highest BCUT2D eigenvalue weighted by molar-refractivity contribution is 7.98. The van der Waals surface area contributed by atoms with Crippen LogP contribution in [0.2, 0.25) is 9.36 Å². The lowest BCUT2D eigenvalue weighted by molar-refractivity contribution is -0.140. The number of hydrogen-bond donors (Lipinski definition) is 1. The SMILES string of the molecule is Cc1c(C2CCCN(C(=O)C(C)(C)C)C2)nn(C(=O)c2cccc(C(=O)O)c2Cl)c1SCc1ccc(Cl)s1. The van der Waals surface area contributed by atoms with Crippen LogP contribution in [-0.2, 0) is 10.5 Å². The summed E-state index contributed by atoms with van der Waals surface area (Å²) >= 11 is 15.4. The molecule has 2 aromatic heterocycles. The third-order valence-electron chi connectivity index (χ3n) is 6.47. The lowest BCUT2D eigenvalue weighted by atomic mass is 9.89. The molecule has 0 bridgehead atoms. The molecule has 38 heavy (non-hydrogen) atoms. The molecule has 1 atom stereocenters. The van der Waals surface area contributed by atoms with Gasteiger partial charge in [0.1, 0.15) is 5.03 Å². The van der Waals surface area contributed by atoms with Gasteiger partial charge in [-0.3, -0.25) is 9.59 Å². The first-order chi connectivity index (χ1) is 17.9. The number of aromatic carboxylic acids is 1. The molecule has 4 rings (SSSR count). The predicted molar refractivity (Wildman–Crippen MR) is 152 cm³/mol. The summed E-state index contributed by atoms with van der Waals surface area (Å²) in [4.78, 5) is 41.3. The first kappa shape index (κ1) is 28.7. The number of thiophene rings is 1. The minimum Gasteiger partial charge on any atom is -0.478 e. The van der Waals surface area contributed by atoms with Crippen molar-refractivity contribution in [3.05, 3.63) is 67.0 Å². The van der Waals surface area contributed by atoms with Crippen molar-refractivity contribution in [2.45, 2.75) is 57.2 Å². The average molecular weight is 595 g/mol. The summed E-state index contributed by atoms with van der Waals surface area (Å²) < 4.78 is 2.02. The second kappa shape index (κ2) is 11.4. The van der Waals surface area contributed by atoms with Gasteiger partial charge < -0.3 is 10.0 Å². The van der Waals surface area contributed by atoms with E-state index < -0.39 is 17.3 Å². The number of rotatable bonds is 6. The van der Waals surface area contributed by atoms with Gasteiger partial charge in [0.05, 0.1) is 26.2 Å². The fraction of sp³-hybridized carbons (Fsp3) is 0.407. The zero-order valence-corrected chi connectivity index (χ0v) is 24.7. The Balaban J connectivity index is 1.73. The number of hydrogen-bond acceptors (Lipinski definition) is 6. The Morgan fingerprint density at radius 2 is 1.87 bits per heavy atom. The van der Waals surface area contributed by atoms with Crippen molar-refractivity contribution < 1.29 is 19.5 Å². The lowest BCUT2D eigenvalue weighted by Gasteiger charge is -2.36. The first-order valence-electron chi connectivity index (χ1n) is 12.2. The molecule has 1 fully saturated rings. The number of carbonyl (C=O) groups excluding carboxylic acids is 2. The van der Waals surface area contributed by atoms with E-state index in [9.17, 15) is 19.5 Å². The highest BCUT2D eigenvalue weighted by Crippen LogP contribution is 2.37.